The number of rotatable bonds is 7. The number of sulfonamides is 1. The third kappa shape index (κ3) is 6.26. The summed E-state index contributed by atoms with van der Waals surface area (Å²) in [5, 5.41) is 11.6. The molecule has 0 radical (unpaired) electrons. The van der Waals surface area contributed by atoms with E-state index in [2.05, 4.69) is 15.6 Å². The highest BCUT2D eigenvalue weighted by atomic mass is 32.2. The number of guanidine groups is 1. The lowest BCUT2D eigenvalue weighted by molar-refractivity contribution is 0.408. The van der Waals surface area contributed by atoms with Gasteiger partial charge in [-0.05, 0) is 43.2 Å². The second-order valence-corrected chi connectivity index (χ2v) is 7.61. The highest BCUT2D eigenvalue weighted by Crippen LogP contribution is 2.19. The topological polar surface area (TPSA) is 106 Å². The Labute approximate surface area is 160 Å². The Balaban J connectivity index is 2.06. The van der Waals surface area contributed by atoms with Crippen LogP contribution >= 0.6 is 0 Å². The first-order valence-electron chi connectivity index (χ1n) is 8.61. The van der Waals surface area contributed by atoms with Crippen LogP contribution < -0.4 is 20.5 Å². The normalized spacial score (nSPS) is 11.9. The summed E-state index contributed by atoms with van der Waals surface area (Å²) in [6.45, 7) is 5.71. The maximum Gasteiger partial charge on any atom is 0.238 e. The Morgan fingerprint density at radius 1 is 1.15 bits per heavy atom. The van der Waals surface area contributed by atoms with E-state index in [4.69, 9.17) is 9.88 Å². The van der Waals surface area contributed by atoms with Gasteiger partial charge < -0.3 is 15.4 Å². The summed E-state index contributed by atoms with van der Waals surface area (Å²) in [6.07, 6.45) is 0. The zero-order valence-corrected chi connectivity index (χ0v) is 16.6. The number of nitrogens with zero attached hydrogens (tertiary/aromatic N) is 1. The van der Waals surface area contributed by atoms with E-state index >= 15 is 0 Å². The van der Waals surface area contributed by atoms with Gasteiger partial charge in [0.05, 0.1) is 18.6 Å². The molecule has 27 heavy (non-hydrogen) atoms. The second kappa shape index (κ2) is 9.38. The highest BCUT2D eigenvalue weighted by Gasteiger charge is 2.07. The summed E-state index contributed by atoms with van der Waals surface area (Å²) >= 11 is 0. The van der Waals surface area contributed by atoms with Gasteiger partial charge in [-0.2, -0.15) is 0 Å². The summed E-state index contributed by atoms with van der Waals surface area (Å²) in [5.74, 6) is 1.49. The average molecular weight is 391 g/mol. The van der Waals surface area contributed by atoms with Crippen molar-refractivity contribution in [3.8, 4) is 5.75 Å². The van der Waals surface area contributed by atoms with Gasteiger partial charge in [-0.1, -0.05) is 24.3 Å². The highest BCUT2D eigenvalue weighted by molar-refractivity contribution is 7.89. The van der Waals surface area contributed by atoms with Crippen LogP contribution in [0.1, 0.15) is 23.6 Å². The molecule has 0 aromatic heterocycles. The van der Waals surface area contributed by atoms with Crippen molar-refractivity contribution in [3.63, 3.8) is 0 Å². The third-order valence-corrected chi connectivity index (χ3v) is 4.83. The standard InChI is InChI=1S/C19H26N4O3S/c1-4-21-19(23-13-16-8-5-14(2)11-18(16)26-3)22-12-15-6-9-17(10-7-15)27(20,24)25/h5-11H,4,12-13H2,1-3H3,(H2,20,24,25)(H2,21,22,23). The molecule has 2 rings (SSSR count). The molecule has 7 nitrogen and oxygen atoms in total. The van der Waals surface area contributed by atoms with Gasteiger partial charge in [0.1, 0.15) is 5.75 Å². The molecule has 0 unspecified atom stereocenters. The molecule has 2 aromatic rings. The Morgan fingerprint density at radius 2 is 1.85 bits per heavy atom. The minimum atomic E-state index is -3.68. The van der Waals surface area contributed by atoms with Crippen molar-refractivity contribution in [2.24, 2.45) is 10.1 Å². The summed E-state index contributed by atoms with van der Waals surface area (Å²) < 4.78 is 28.0. The van der Waals surface area contributed by atoms with Crippen LogP contribution in [0.4, 0.5) is 0 Å². The maximum atomic E-state index is 11.3. The summed E-state index contributed by atoms with van der Waals surface area (Å²) in [5.41, 5.74) is 3.05. The minimum Gasteiger partial charge on any atom is -0.496 e. The molecule has 2 aromatic carbocycles. The Morgan fingerprint density at radius 3 is 2.44 bits per heavy atom. The lowest BCUT2D eigenvalue weighted by atomic mass is 10.1. The third-order valence-electron chi connectivity index (χ3n) is 3.90. The maximum absolute atomic E-state index is 11.3. The van der Waals surface area contributed by atoms with E-state index in [0.717, 1.165) is 29.0 Å². The van der Waals surface area contributed by atoms with E-state index in [0.29, 0.717) is 19.0 Å². The molecule has 0 amide bonds. The van der Waals surface area contributed by atoms with Crippen molar-refractivity contribution in [1.82, 2.24) is 10.6 Å². The van der Waals surface area contributed by atoms with E-state index in [-0.39, 0.29) is 4.90 Å². The lowest BCUT2D eigenvalue weighted by Crippen LogP contribution is -2.36. The Hall–Kier alpha value is -2.58. The number of aryl methyl sites for hydroxylation is 1. The zero-order valence-electron chi connectivity index (χ0n) is 15.8. The Bertz CT molecular complexity index is 894. The van der Waals surface area contributed by atoms with Gasteiger partial charge in [0.25, 0.3) is 0 Å². The van der Waals surface area contributed by atoms with E-state index in [1.807, 2.05) is 32.0 Å². The van der Waals surface area contributed by atoms with Crippen molar-refractivity contribution in [2.45, 2.75) is 31.8 Å². The van der Waals surface area contributed by atoms with Crippen molar-refractivity contribution in [2.75, 3.05) is 13.7 Å². The predicted molar refractivity (Wildman–Crippen MR) is 107 cm³/mol. The first kappa shape index (κ1) is 20.7. The van der Waals surface area contributed by atoms with Gasteiger partial charge in [0.15, 0.2) is 5.96 Å². The average Bonchev–Trinajstić information content (AvgIpc) is 2.64. The van der Waals surface area contributed by atoms with Crippen LogP contribution in [0.5, 0.6) is 5.75 Å². The van der Waals surface area contributed by atoms with Crippen LogP contribution in [0.3, 0.4) is 0 Å². The first-order chi connectivity index (χ1) is 12.8. The number of methoxy groups -OCH3 is 1. The van der Waals surface area contributed by atoms with E-state index in [9.17, 15) is 8.42 Å². The SMILES string of the molecule is CCNC(=NCc1ccc(S(N)(=O)=O)cc1)NCc1ccc(C)cc1OC. The van der Waals surface area contributed by atoms with Crippen LogP contribution in [-0.2, 0) is 23.1 Å². The minimum absolute atomic E-state index is 0.0896. The molecular formula is C19H26N4O3S. The van der Waals surface area contributed by atoms with E-state index < -0.39 is 10.0 Å². The summed E-state index contributed by atoms with van der Waals surface area (Å²) in [4.78, 5) is 4.63. The molecule has 0 aliphatic carbocycles. The quantitative estimate of drug-likeness (QED) is 0.495. The molecule has 0 saturated heterocycles. The fourth-order valence-corrected chi connectivity index (χ4v) is 2.99. The van der Waals surface area contributed by atoms with Crippen molar-refractivity contribution < 1.29 is 13.2 Å². The fourth-order valence-electron chi connectivity index (χ4n) is 2.47. The zero-order chi connectivity index (χ0) is 19.9. The number of benzene rings is 2. The van der Waals surface area contributed by atoms with Crippen molar-refractivity contribution in [3.05, 3.63) is 59.2 Å². The van der Waals surface area contributed by atoms with Crippen LogP contribution in [-0.4, -0.2) is 28.0 Å². The summed E-state index contributed by atoms with van der Waals surface area (Å²) in [7, 11) is -2.03. The predicted octanol–water partition coefficient (Wildman–Crippen LogP) is 1.91. The summed E-state index contributed by atoms with van der Waals surface area (Å²) in [6, 6.07) is 12.4. The van der Waals surface area contributed by atoms with Crippen molar-refractivity contribution in [1.29, 1.82) is 0 Å². The molecular weight excluding hydrogens is 364 g/mol. The molecule has 146 valence electrons. The van der Waals surface area contributed by atoms with Crippen LogP contribution in [0, 0.1) is 6.92 Å². The number of hydrogen-bond acceptors (Lipinski definition) is 4. The largest absolute Gasteiger partial charge is 0.496 e. The molecule has 0 fully saturated rings. The van der Waals surface area contributed by atoms with Gasteiger partial charge >= 0.3 is 0 Å². The number of nitrogens with one attached hydrogen (secondary N) is 2. The lowest BCUT2D eigenvalue weighted by Gasteiger charge is -2.14. The van der Waals surface area contributed by atoms with Gasteiger partial charge in [-0.25, -0.2) is 18.5 Å². The monoisotopic (exact) mass is 390 g/mol. The van der Waals surface area contributed by atoms with Crippen LogP contribution in [0.2, 0.25) is 0 Å². The number of aliphatic imine (C=N–C) groups is 1. The molecule has 0 saturated carbocycles. The molecule has 0 bridgehead atoms. The number of nitrogens with two attached hydrogens (primary N) is 1. The molecule has 0 aliphatic rings. The number of ether oxygens (including phenoxy) is 1. The Kier molecular flexibility index (Phi) is 7.20. The number of primary sulfonamides is 1. The van der Waals surface area contributed by atoms with Gasteiger partial charge in [-0.3, -0.25) is 0 Å². The number of hydrogen-bond donors (Lipinski definition) is 3. The molecule has 0 atom stereocenters. The molecule has 0 aliphatic heterocycles. The van der Waals surface area contributed by atoms with E-state index in [1.165, 1.54) is 12.1 Å². The molecule has 8 heteroatoms. The smallest absolute Gasteiger partial charge is 0.238 e. The fraction of sp³-hybridized carbons (Fsp3) is 0.316. The van der Waals surface area contributed by atoms with Crippen LogP contribution in [0.25, 0.3) is 0 Å². The van der Waals surface area contributed by atoms with Gasteiger partial charge in [-0.15, -0.1) is 0 Å². The molecule has 4 N–H and O–H groups in total. The molecule has 0 heterocycles. The van der Waals surface area contributed by atoms with Gasteiger partial charge in [0.2, 0.25) is 10.0 Å². The van der Waals surface area contributed by atoms with Gasteiger partial charge in [0, 0.05) is 18.7 Å². The van der Waals surface area contributed by atoms with E-state index in [1.54, 1.807) is 19.2 Å². The molecule has 0 spiro atoms. The van der Waals surface area contributed by atoms with Crippen LogP contribution in [0.15, 0.2) is 52.4 Å². The van der Waals surface area contributed by atoms with Crippen molar-refractivity contribution >= 4 is 16.0 Å². The first-order valence-corrected chi connectivity index (χ1v) is 10.2. The second-order valence-electron chi connectivity index (χ2n) is 6.05.